The topological polar surface area (TPSA) is 69.2 Å². The number of rotatable bonds is 8. The number of hydrogen-bond acceptors (Lipinski definition) is 5. The molecule has 3 aromatic carbocycles. The van der Waals surface area contributed by atoms with Crippen molar-refractivity contribution >= 4 is 23.7 Å². The third kappa shape index (κ3) is 5.99. The number of methoxy groups -OCH3 is 2. The van der Waals surface area contributed by atoms with Crippen LogP contribution in [0.4, 0.5) is 0 Å². The van der Waals surface area contributed by atoms with Crippen LogP contribution in [0.15, 0.2) is 71.8 Å². The molecule has 7 heteroatoms. The largest absolute Gasteiger partial charge is 0.497 e. The molecule has 1 amide bonds. The van der Waals surface area contributed by atoms with Crippen LogP contribution in [-0.4, -0.2) is 26.3 Å². The number of nitrogens with zero attached hydrogens (tertiary/aromatic N) is 1. The highest BCUT2D eigenvalue weighted by molar-refractivity contribution is 6.30. The van der Waals surface area contributed by atoms with Gasteiger partial charge in [-0.25, -0.2) is 5.43 Å². The zero-order valence-corrected chi connectivity index (χ0v) is 17.3. The van der Waals surface area contributed by atoms with Gasteiger partial charge in [0.15, 0.2) is 0 Å². The van der Waals surface area contributed by atoms with Gasteiger partial charge in [-0.3, -0.25) is 4.79 Å². The second-order valence-electron chi connectivity index (χ2n) is 6.29. The van der Waals surface area contributed by atoms with Gasteiger partial charge in [-0.1, -0.05) is 35.9 Å². The fourth-order valence-electron chi connectivity index (χ4n) is 2.60. The normalized spacial score (nSPS) is 10.6. The molecule has 0 atom stereocenters. The minimum Gasteiger partial charge on any atom is -0.497 e. The summed E-state index contributed by atoms with van der Waals surface area (Å²) in [5.41, 5.74) is 4.67. The van der Waals surface area contributed by atoms with Crippen LogP contribution in [0.5, 0.6) is 17.2 Å². The number of carbonyl (C=O) groups is 1. The Morgan fingerprint density at radius 2 is 1.67 bits per heavy atom. The summed E-state index contributed by atoms with van der Waals surface area (Å²) in [5, 5.41) is 4.71. The molecular weight excluding hydrogens is 404 g/mol. The summed E-state index contributed by atoms with van der Waals surface area (Å²) in [6, 6.07) is 19.8. The first-order valence-corrected chi connectivity index (χ1v) is 9.49. The highest BCUT2D eigenvalue weighted by Crippen LogP contribution is 2.22. The van der Waals surface area contributed by atoms with E-state index in [1.165, 1.54) is 14.2 Å². The van der Waals surface area contributed by atoms with Crippen molar-refractivity contribution in [2.24, 2.45) is 5.10 Å². The molecule has 1 N–H and O–H groups in total. The number of nitrogens with one attached hydrogen (secondary N) is 1. The lowest BCUT2D eigenvalue weighted by atomic mass is 10.2. The average Bonchev–Trinajstić information content (AvgIpc) is 2.78. The van der Waals surface area contributed by atoms with E-state index in [4.69, 9.17) is 25.8 Å². The van der Waals surface area contributed by atoms with Gasteiger partial charge in [0, 0.05) is 16.7 Å². The summed E-state index contributed by atoms with van der Waals surface area (Å²) in [6.07, 6.45) is 1.55. The molecule has 0 aliphatic carbocycles. The monoisotopic (exact) mass is 424 g/mol. The van der Waals surface area contributed by atoms with Gasteiger partial charge >= 0.3 is 0 Å². The molecule has 0 radical (unpaired) electrons. The second kappa shape index (κ2) is 10.3. The number of hydrogen-bond donors (Lipinski definition) is 1. The van der Waals surface area contributed by atoms with Gasteiger partial charge < -0.3 is 14.2 Å². The molecule has 6 nitrogen and oxygen atoms in total. The van der Waals surface area contributed by atoms with Gasteiger partial charge in [0.25, 0.3) is 5.91 Å². The molecule has 0 saturated carbocycles. The van der Waals surface area contributed by atoms with Crippen LogP contribution in [0, 0.1) is 0 Å². The molecule has 0 spiro atoms. The van der Waals surface area contributed by atoms with Crippen molar-refractivity contribution in [2.75, 3.05) is 14.2 Å². The summed E-state index contributed by atoms with van der Waals surface area (Å²) < 4.78 is 16.2. The lowest BCUT2D eigenvalue weighted by Gasteiger charge is -2.08. The standard InChI is InChI=1S/C23H21ClN2O4/c1-28-21-11-18(12-22(13-21)29-2)23(27)26-25-14-17-4-3-5-20(10-17)30-15-16-6-8-19(24)9-7-16/h3-14H,15H2,1-2H3,(H,26,27). The Labute approximate surface area is 180 Å². The Bertz CT molecular complexity index is 1010. The predicted octanol–water partition coefficient (Wildman–Crippen LogP) is 4.70. The third-order valence-electron chi connectivity index (χ3n) is 4.17. The van der Waals surface area contributed by atoms with Gasteiger partial charge in [0.1, 0.15) is 23.9 Å². The van der Waals surface area contributed by atoms with Crippen LogP contribution in [0.25, 0.3) is 0 Å². The minimum absolute atomic E-state index is 0.376. The highest BCUT2D eigenvalue weighted by atomic mass is 35.5. The first kappa shape index (κ1) is 21.2. The molecule has 0 saturated heterocycles. The van der Waals surface area contributed by atoms with Crippen LogP contribution >= 0.6 is 11.6 Å². The summed E-state index contributed by atoms with van der Waals surface area (Å²) in [7, 11) is 3.05. The molecule has 154 valence electrons. The smallest absolute Gasteiger partial charge is 0.271 e. The lowest BCUT2D eigenvalue weighted by Crippen LogP contribution is -2.17. The number of carbonyl (C=O) groups excluding carboxylic acids is 1. The van der Waals surface area contributed by atoms with Gasteiger partial charge in [-0.15, -0.1) is 0 Å². The van der Waals surface area contributed by atoms with E-state index in [2.05, 4.69) is 10.5 Å². The van der Waals surface area contributed by atoms with E-state index in [0.29, 0.717) is 34.4 Å². The zero-order chi connectivity index (χ0) is 21.3. The molecule has 0 fully saturated rings. The van der Waals surface area contributed by atoms with Crippen molar-refractivity contribution in [2.45, 2.75) is 6.61 Å². The zero-order valence-electron chi connectivity index (χ0n) is 16.6. The van der Waals surface area contributed by atoms with Gasteiger partial charge in [-0.05, 0) is 47.5 Å². The Morgan fingerprint density at radius 3 is 2.33 bits per heavy atom. The van der Waals surface area contributed by atoms with E-state index in [-0.39, 0.29) is 5.91 Å². The Morgan fingerprint density at radius 1 is 0.967 bits per heavy atom. The van der Waals surface area contributed by atoms with Crippen molar-refractivity contribution in [3.63, 3.8) is 0 Å². The van der Waals surface area contributed by atoms with Crippen LogP contribution in [0.3, 0.4) is 0 Å². The van der Waals surface area contributed by atoms with Crippen LogP contribution in [0.2, 0.25) is 5.02 Å². The quantitative estimate of drug-likeness (QED) is 0.420. The van der Waals surface area contributed by atoms with Crippen molar-refractivity contribution in [1.82, 2.24) is 5.43 Å². The van der Waals surface area contributed by atoms with Crippen molar-refractivity contribution in [3.8, 4) is 17.2 Å². The fraction of sp³-hybridized carbons (Fsp3) is 0.130. The predicted molar refractivity (Wildman–Crippen MR) is 117 cm³/mol. The maximum atomic E-state index is 12.4. The molecule has 30 heavy (non-hydrogen) atoms. The highest BCUT2D eigenvalue weighted by Gasteiger charge is 2.09. The first-order chi connectivity index (χ1) is 14.6. The maximum absolute atomic E-state index is 12.4. The molecule has 0 heterocycles. The Balaban J connectivity index is 1.60. The molecule has 0 aliphatic heterocycles. The summed E-state index contributed by atoms with van der Waals surface area (Å²) >= 11 is 5.89. The Hall–Kier alpha value is -3.51. The van der Waals surface area contributed by atoms with E-state index < -0.39 is 0 Å². The van der Waals surface area contributed by atoms with Crippen molar-refractivity contribution in [1.29, 1.82) is 0 Å². The molecule has 0 aromatic heterocycles. The van der Waals surface area contributed by atoms with E-state index in [0.717, 1.165) is 11.1 Å². The summed E-state index contributed by atoms with van der Waals surface area (Å²) in [4.78, 5) is 12.4. The molecule has 0 unspecified atom stereocenters. The van der Waals surface area contributed by atoms with Crippen molar-refractivity contribution < 1.29 is 19.0 Å². The van der Waals surface area contributed by atoms with E-state index >= 15 is 0 Å². The number of benzene rings is 3. The molecule has 3 rings (SSSR count). The number of ether oxygens (including phenoxy) is 3. The third-order valence-corrected chi connectivity index (χ3v) is 4.42. The number of halogens is 1. The summed E-state index contributed by atoms with van der Waals surface area (Å²) in [6.45, 7) is 0.423. The number of amides is 1. The first-order valence-electron chi connectivity index (χ1n) is 9.11. The molecule has 0 aliphatic rings. The average molecular weight is 425 g/mol. The van der Waals surface area contributed by atoms with E-state index in [1.54, 1.807) is 24.4 Å². The van der Waals surface area contributed by atoms with Gasteiger partial charge in [0.2, 0.25) is 0 Å². The molecule has 3 aromatic rings. The summed E-state index contributed by atoms with van der Waals surface area (Å²) in [5.74, 6) is 1.36. The van der Waals surface area contributed by atoms with Gasteiger partial charge in [-0.2, -0.15) is 5.10 Å². The Kier molecular flexibility index (Phi) is 7.29. The maximum Gasteiger partial charge on any atom is 0.271 e. The van der Waals surface area contributed by atoms with E-state index in [1.807, 2.05) is 48.5 Å². The second-order valence-corrected chi connectivity index (χ2v) is 6.72. The fourth-order valence-corrected chi connectivity index (χ4v) is 2.73. The number of hydrazone groups is 1. The lowest BCUT2D eigenvalue weighted by molar-refractivity contribution is 0.0954. The minimum atomic E-state index is -0.376. The van der Waals surface area contributed by atoms with Crippen LogP contribution < -0.4 is 19.6 Å². The van der Waals surface area contributed by atoms with Crippen molar-refractivity contribution in [3.05, 3.63) is 88.4 Å². The van der Waals surface area contributed by atoms with Crippen LogP contribution in [-0.2, 0) is 6.61 Å². The van der Waals surface area contributed by atoms with E-state index in [9.17, 15) is 4.79 Å². The van der Waals surface area contributed by atoms with Crippen LogP contribution in [0.1, 0.15) is 21.5 Å². The molecule has 0 bridgehead atoms. The molecular formula is C23H21ClN2O4. The SMILES string of the molecule is COc1cc(OC)cc(C(=O)NN=Cc2cccc(OCc3ccc(Cl)cc3)c2)c1. The van der Waals surface area contributed by atoms with Gasteiger partial charge in [0.05, 0.1) is 20.4 Å².